The summed E-state index contributed by atoms with van der Waals surface area (Å²) in [5.74, 6) is 0. The van der Waals surface area contributed by atoms with Gasteiger partial charge in [-0.2, -0.15) is 0 Å². The van der Waals surface area contributed by atoms with Crippen molar-refractivity contribution >= 4 is 122 Å². The number of aromatic nitrogens is 4. The summed E-state index contributed by atoms with van der Waals surface area (Å²) < 4.78 is 25.9. The Morgan fingerprint density at radius 1 is 0.244 bits per heavy atom. The summed E-state index contributed by atoms with van der Waals surface area (Å²) >= 11 is 0. The van der Waals surface area contributed by atoms with Crippen molar-refractivity contribution in [2.45, 2.75) is 0 Å². The first-order valence-electron chi connectivity index (χ1n) is 25.7. The molecule has 0 aliphatic heterocycles. The smallest absolute Gasteiger partial charge is 0.155 e. The van der Waals surface area contributed by atoms with E-state index in [1.165, 1.54) is 0 Å². The van der Waals surface area contributed by atoms with Crippen molar-refractivity contribution in [3.63, 3.8) is 0 Å². The third kappa shape index (κ3) is 7.12. The topological polar surface area (TPSA) is 111 Å². The second kappa shape index (κ2) is 17.4. The number of benzene rings is 8. The van der Waals surface area contributed by atoms with Gasteiger partial charge in [-0.05, 0) is 94.5 Å². The quantitative estimate of drug-likeness (QED) is 0.139. The van der Waals surface area contributed by atoms with Gasteiger partial charge in [-0.3, -0.25) is 0 Å². The molecular weight excluding hydrogens is 965 g/mol. The molecule has 16 aromatic rings. The Morgan fingerprint density at radius 2 is 0.615 bits per heavy atom. The predicted octanol–water partition coefficient (Wildman–Crippen LogP) is 18.8. The van der Waals surface area contributed by atoms with Crippen molar-refractivity contribution in [3.05, 3.63) is 243 Å². The van der Waals surface area contributed by atoms with Crippen LogP contribution in [0.1, 0.15) is 0 Å². The lowest BCUT2D eigenvalue weighted by atomic mass is 10.0. The van der Waals surface area contributed by atoms with Crippen LogP contribution in [-0.2, 0) is 0 Å². The Labute approximate surface area is 444 Å². The average molecular weight is 1010 g/mol. The Bertz CT molecular complexity index is 5000. The van der Waals surface area contributed by atoms with Gasteiger partial charge in [0.1, 0.15) is 44.4 Å². The van der Waals surface area contributed by atoms with Crippen molar-refractivity contribution in [1.29, 1.82) is 0 Å². The minimum atomic E-state index is 0.658. The van der Waals surface area contributed by atoms with Crippen LogP contribution >= 0.6 is 0 Å². The second-order valence-corrected chi connectivity index (χ2v) is 19.5. The van der Waals surface area contributed by atoms with Crippen molar-refractivity contribution in [3.8, 4) is 33.4 Å². The Morgan fingerprint density at radius 3 is 1.12 bits per heavy atom. The average Bonchev–Trinajstić information content (AvgIpc) is 4.44. The molecule has 8 heterocycles. The lowest BCUT2D eigenvalue weighted by Gasteiger charge is -2.27. The third-order valence-electron chi connectivity index (χ3n) is 14.8. The van der Waals surface area contributed by atoms with Crippen LogP contribution in [0.5, 0.6) is 0 Å². The number of fused-ring (bicyclic) bond motifs is 12. The van der Waals surface area contributed by atoms with Crippen LogP contribution in [0.2, 0.25) is 0 Å². The molecule has 0 fully saturated rings. The van der Waals surface area contributed by atoms with Crippen molar-refractivity contribution in [2.75, 3.05) is 9.80 Å². The first-order valence-corrected chi connectivity index (χ1v) is 25.7. The van der Waals surface area contributed by atoms with Crippen LogP contribution < -0.4 is 9.80 Å². The Kier molecular flexibility index (Phi) is 9.70. The van der Waals surface area contributed by atoms with Gasteiger partial charge in [0.15, 0.2) is 22.3 Å². The number of para-hydroxylation sites is 3. The molecule has 78 heavy (non-hydrogen) atoms. The molecule has 8 aromatic carbocycles. The van der Waals surface area contributed by atoms with Gasteiger partial charge in [0.25, 0.3) is 0 Å². The highest BCUT2D eigenvalue weighted by molar-refractivity contribution is 6.09. The standard InChI is InChI=1S/C68H40N6O4/c1-3-13-41(14-4-1)42-23-27-46(28-24-42)73(47-33-61-65(69-37-47)52-18-8-11-21-57(52)75-61)48-34-63-67(71-38-48)54-31-44(25-29-59(54)77-63)45-26-30-60-55(32-45)68-64(78-60)36-50(40-72-68)74(56-20-10-7-17-51(56)43-15-5-2-6-16-43)49-35-62-66(70-39-49)53-19-9-12-22-58(53)76-62/h1-40H. The molecule has 10 heteroatoms. The summed E-state index contributed by atoms with van der Waals surface area (Å²) in [6.07, 6.45) is 7.60. The summed E-state index contributed by atoms with van der Waals surface area (Å²) in [4.78, 5) is 24.5. The SMILES string of the molecule is c1ccc(-c2ccc(N(c3cnc4c(c3)oc3ccccc34)c3cnc4c(c3)oc3ccc(-c5ccc6oc7cc(N(c8cnc9c(c8)oc8ccccc89)c8ccccc8-c8ccccc8)cnc7c6c5)cc34)cc2)cc1. The van der Waals surface area contributed by atoms with E-state index < -0.39 is 0 Å². The van der Waals surface area contributed by atoms with Crippen LogP contribution in [-0.4, -0.2) is 19.9 Å². The van der Waals surface area contributed by atoms with Gasteiger partial charge in [0.05, 0.1) is 53.2 Å². The van der Waals surface area contributed by atoms with Gasteiger partial charge < -0.3 is 27.5 Å². The molecule has 0 saturated heterocycles. The van der Waals surface area contributed by atoms with Crippen LogP contribution in [0.25, 0.3) is 122 Å². The highest BCUT2D eigenvalue weighted by atomic mass is 16.3. The van der Waals surface area contributed by atoms with E-state index in [1.54, 1.807) is 0 Å². The van der Waals surface area contributed by atoms with Crippen molar-refractivity contribution < 1.29 is 17.7 Å². The summed E-state index contributed by atoms with van der Waals surface area (Å²) in [6.45, 7) is 0. The number of hydrogen-bond donors (Lipinski definition) is 0. The fourth-order valence-electron chi connectivity index (χ4n) is 11.1. The fourth-order valence-corrected chi connectivity index (χ4v) is 11.1. The van der Waals surface area contributed by atoms with Gasteiger partial charge in [0, 0.05) is 57.1 Å². The molecule has 0 bridgehead atoms. The monoisotopic (exact) mass is 1000 g/mol. The van der Waals surface area contributed by atoms with Gasteiger partial charge in [-0.1, -0.05) is 127 Å². The molecule has 0 unspecified atom stereocenters. The zero-order valence-corrected chi connectivity index (χ0v) is 41.4. The number of pyridine rings is 4. The molecule has 0 N–H and O–H groups in total. The molecule has 10 nitrogen and oxygen atoms in total. The minimum absolute atomic E-state index is 0.658. The van der Waals surface area contributed by atoms with Crippen LogP contribution in [0.15, 0.2) is 261 Å². The van der Waals surface area contributed by atoms with E-state index in [2.05, 4.69) is 149 Å². The van der Waals surface area contributed by atoms with Gasteiger partial charge in [-0.15, -0.1) is 0 Å². The second-order valence-electron chi connectivity index (χ2n) is 19.5. The zero-order valence-electron chi connectivity index (χ0n) is 41.4. The maximum absolute atomic E-state index is 6.64. The van der Waals surface area contributed by atoms with Crippen LogP contribution in [0.4, 0.5) is 34.1 Å². The van der Waals surface area contributed by atoms with Crippen LogP contribution in [0, 0.1) is 0 Å². The molecule has 0 aliphatic rings. The normalized spacial score (nSPS) is 11.8. The zero-order chi connectivity index (χ0) is 51.3. The molecule has 16 rings (SSSR count). The number of hydrogen-bond acceptors (Lipinski definition) is 10. The molecule has 0 saturated carbocycles. The molecule has 0 aliphatic carbocycles. The maximum Gasteiger partial charge on any atom is 0.155 e. The van der Waals surface area contributed by atoms with E-state index >= 15 is 0 Å². The van der Waals surface area contributed by atoms with E-state index in [9.17, 15) is 0 Å². The van der Waals surface area contributed by atoms with E-state index in [0.717, 1.165) is 133 Å². The lowest BCUT2D eigenvalue weighted by molar-refractivity contribution is 0.667. The van der Waals surface area contributed by atoms with Gasteiger partial charge in [-0.25, -0.2) is 19.9 Å². The van der Waals surface area contributed by atoms with Gasteiger partial charge in [0.2, 0.25) is 0 Å². The molecule has 0 atom stereocenters. The van der Waals surface area contributed by atoms with Crippen LogP contribution in [0.3, 0.4) is 0 Å². The van der Waals surface area contributed by atoms with E-state index in [0.29, 0.717) is 22.3 Å². The summed E-state index contributed by atoms with van der Waals surface area (Å²) in [5.41, 5.74) is 20.5. The molecule has 0 spiro atoms. The van der Waals surface area contributed by atoms with E-state index in [1.807, 2.05) is 104 Å². The van der Waals surface area contributed by atoms with E-state index in [4.69, 9.17) is 37.6 Å². The summed E-state index contributed by atoms with van der Waals surface area (Å²) in [5, 5.41) is 3.76. The summed E-state index contributed by atoms with van der Waals surface area (Å²) in [7, 11) is 0. The maximum atomic E-state index is 6.64. The van der Waals surface area contributed by atoms with Crippen molar-refractivity contribution in [2.24, 2.45) is 0 Å². The van der Waals surface area contributed by atoms with Crippen molar-refractivity contribution in [1.82, 2.24) is 19.9 Å². The molecular formula is C68H40N6O4. The first kappa shape index (κ1) is 43.5. The molecule has 0 radical (unpaired) electrons. The highest BCUT2D eigenvalue weighted by Gasteiger charge is 2.23. The summed E-state index contributed by atoms with van der Waals surface area (Å²) in [6, 6.07) is 74.4. The minimum Gasteiger partial charge on any atom is -0.454 e. The molecule has 366 valence electrons. The lowest BCUT2D eigenvalue weighted by Crippen LogP contribution is -2.11. The van der Waals surface area contributed by atoms with Gasteiger partial charge >= 0.3 is 0 Å². The molecule has 0 amide bonds. The first-order chi connectivity index (χ1) is 38.6. The number of furan rings is 4. The largest absolute Gasteiger partial charge is 0.454 e. The number of rotatable bonds is 9. The molecule has 8 aromatic heterocycles. The number of anilines is 6. The Hall–Kier alpha value is -10.8. The van der Waals surface area contributed by atoms with E-state index in [-0.39, 0.29) is 0 Å². The fraction of sp³-hybridized carbons (Fsp3) is 0. The predicted molar refractivity (Wildman–Crippen MR) is 312 cm³/mol. The Balaban J connectivity index is 0.769. The third-order valence-corrected chi connectivity index (χ3v) is 14.8. The highest BCUT2D eigenvalue weighted by Crippen LogP contribution is 2.45. The number of nitrogens with zero attached hydrogens (tertiary/aromatic N) is 6.